The molecule has 0 spiro atoms. The van der Waals surface area contributed by atoms with Crippen LogP contribution in [0.4, 0.5) is 0 Å². The molecule has 3 nitrogen and oxygen atoms in total. The summed E-state index contributed by atoms with van der Waals surface area (Å²) in [6, 6.07) is 11.8. The summed E-state index contributed by atoms with van der Waals surface area (Å²) in [7, 11) is 0. The monoisotopic (exact) mass is 271 g/mol. The Hall–Kier alpha value is -1.84. The Kier molecular flexibility index (Phi) is 3.23. The van der Waals surface area contributed by atoms with Crippen molar-refractivity contribution in [1.29, 1.82) is 0 Å². The van der Waals surface area contributed by atoms with Gasteiger partial charge in [0.15, 0.2) is 0 Å². The van der Waals surface area contributed by atoms with Crippen LogP contribution in [0.1, 0.15) is 17.0 Å². The average Bonchev–Trinajstić information content (AvgIpc) is 2.86. The number of pyridine rings is 1. The van der Waals surface area contributed by atoms with Crippen molar-refractivity contribution in [2.45, 2.75) is 5.92 Å². The Morgan fingerprint density at radius 1 is 1.21 bits per heavy atom. The van der Waals surface area contributed by atoms with Crippen LogP contribution in [-0.4, -0.2) is 16.5 Å². The molecule has 1 atom stereocenters. The van der Waals surface area contributed by atoms with Gasteiger partial charge in [0.25, 0.3) is 0 Å². The van der Waals surface area contributed by atoms with Gasteiger partial charge >= 0.3 is 0 Å². The maximum absolute atomic E-state index is 5.96. The third-order valence-electron chi connectivity index (χ3n) is 3.37. The van der Waals surface area contributed by atoms with Gasteiger partial charge in [0, 0.05) is 35.3 Å². The van der Waals surface area contributed by atoms with Crippen LogP contribution < -0.4 is 5.73 Å². The van der Waals surface area contributed by atoms with Gasteiger partial charge in [-0.1, -0.05) is 23.7 Å². The van der Waals surface area contributed by atoms with Crippen molar-refractivity contribution in [2.24, 2.45) is 5.73 Å². The molecule has 0 radical (unpaired) electrons. The molecule has 1 unspecified atom stereocenters. The lowest BCUT2D eigenvalue weighted by Gasteiger charge is -2.14. The van der Waals surface area contributed by atoms with Crippen molar-refractivity contribution in [3.05, 3.63) is 64.9 Å². The predicted octanol–water partition coefficient (Wildman–Crippen LogP) is 3.31. The first-order valence-electron chi connectivity index (χ1n) is 6.17. The van der Waals surface area contributed by atoms with Gasteiger partial charge in [-0.2, -0.15) is 0 Å². The van der Waals surface area contributed by atoms with E-state index in [1.165, 1.54) is 5.56 Å². The molecule has 2 aromatic heterocycles. The lowest BCUT2D eigenvalue weighted by atomic mass is 9.91. The highest BCUT2D eigenvalue weighted by molar-refractivity contribution is 6.30. The normalized spacial score (nSPS) is 12.7. The summed E-state index contributed by atoms with van der Waals surface area (Å²) in [6.45, 7) is 0.545. The van der Waals surface area contributed by atoms with E-state index in [9.17, 15) is 0 Å². The Morgan fingerprint density at radius 2 is 2.00 bits per heavy atom. The highest BCUT2D eigenvalue weighted by Crippen LogP contribution is 2.29. The summed E-state index contributed by atoms with van der Waals surface area (Å²) in [5.74, 6) is 0.148. The van der Waals surface area contributed by atoms with Crippen molar-refractivity contribution in [2.75, 3.05) is 6.54 Å². The molecule has 0 aliphatic carbocycles. The van der Waals surface area contributed by atoms with Crippen molar-refractivity contribution in [3.8, 4) is 0 Å². The quantitative estimate of drug-likeness (QED) is 0.768. The maximum Gasteiger partial charge on any atom is 0.137 e. The molecule has 0 aliphatic heterocycles. The minimum atomic E-state index is 0.148. The Bertz CT molecular complexity index is 688. The molecule has 1 aromatic carbocycles. The zero-order valence-corrected chi connectivity index (χ0v) is 11.1. The number of aromatic nitrogens is 2. The fourth-order valence-electron chi connectivity index (χ4n) is 2.40. The van der Waals surface area contributed by atoms with Crippen LogP contribution in [0, 0.1) is 0 Å². The second kappa shape index (κ2) is 5.03. The predicted molar refractivity (Wildman–Crippen MR) is 78.4 cm³/mol. The standard InChI is InChI=1S/C15H14ClN3/c16-11-5-3-10(4-6-11)13(8-17)14-9-19-15-12(14)2-1-7-18-15/h1-7,9,13H,8,17H2,(H,18,19). The zero-order chi connectivity index (χ0) is 13.2. The lowest BCUT2D eigenvalue weighted by molar-refractivity contribution is 0.825. The number of aromatic amines is 1. The fourth-order valence-corrected chi connectivity index (χ4v) is 2.53. The van der Waals surface area contributed by atoms with Crippen LogP contribution in [0.2, 0.25) is 5.02 Å². The van der Waals surface area contributed by atoms with E-state index in [4.69, 9.17) is 17.3 Å². The highest BCUT2D eigenvalue weighted by Gasteiger charge is 2.16. The smallest absolute Gasteiger partial charge is 0.137 e. The molecule has 2 heterocycles. The van der Waals surface area contributed by atoms with Crippen molar-refractivity contribution >= 4 is 22.6 Å². The lowest BCUT2D eigenvalue weighted by Crippen LogP contribution is -2.13. The molecule has 0 amide bonds. The van der Waals surface area contributed by atoms with E-state index in [0.717, 1.165) is 21.6 Å². The number of rotatable bonds is 3. The third kappa shape index (κ3) is 2.23. The van der Waals surface area contributed by atoms with Crippen LogP contribution in [-0.2, 0) is 0 Å². The van der Waals surface area contributed by atoms with Crippen molar-refractivity contribution in [3.63, 3.8) is 0 Å². The summed E-state index contributed by atoms with van der Waals surface area (Å²) in [5, 5.41) is 1.85. The number of hydrogen-bond donors (Lipinski definition) is 2. The van der Waals surface area contributed by atoms with E-state index >= 15 is 0 Å². The summed E-state index contributed by atoms with van der Waals surface area (Å²) < 4.78 is 0. The van der Waals surface area contributed by atoms with Gasteiger partial charge in [0.1, 0.15) is 5.65 Å². The van der Waals surface area contributed by atoms with Gasteiger partial charge in [-0.05, 0) is 35.4 Å². The maximum atomic E-state index is 5.96. The van der Waals surface area contributed by atoms with Gasteiger partial charge in [0.05, 0.1) is 0 Å². The minimum absolute atomic E-state index is 0.148. The molecule has 0 bridgehead atoms. The van der Waals surface area contributed by atoms with Gasteiger partial charge in [0.2, 0.25) is 0 Å². The van der Waals surface area contributed by atoms with Crippen LogP contribution in [0.5, 0.6) is 0 Å². The van der Waals surface area contributed by atoms with E-state index in [1.54, 1.807) is 6.20 Å². The Balaban J connectivity index is 2.09. The molecule has 3 rings (SSSR count). The van der Waals surface area contributed by atoms with Crippen molar-refractivity contribution < 1.29 is 0 Å². The first-order valence-corrected chi connectivity index (χ1v) is 6.55. The van der Waals surface area contributed by atoms with E-state index in [1.807, 2.05) is 36.5 Å². The van der Waals surface area contributed by atoms with Gasteiger partial charge in [-0.3, -0.25) is 0 Å². The zero-order valence-electron chi connectivity index (χ0n) is 10.3. The minimum Gasteiger partial charge on any atom is -0.346 e. The van der Waals surface area contributed by atoms with Crippen LogP contribution in [0.3, 0.4) is 0 Å². The summed E-state index contributed by atoms with van der Waals surface area (Å²) in [4.78, 5) is 7.50. The first kappa shape index (κ1) is 12.2. The largest absolute Gasteiger partial charge is 0.346 e. The number of H-pyrrole nitrogens is 1. The molecule has 0 saturated carbocycles. The van der Waals surface area contributed by atoms with Gasteiger partial charge in [-0.15, -0.1) is 0 Å². The van der Waals surface area contributed by atoms with E-state index < -0.39 is 0 Å². The first-order chi connectivity index (χ1) is 9.29. The average molecular weight is 272 g/mol. The molecular weight excluding hydrogens is 258 g/mol. The second-order valence-corrected chi connectivity index (χ2v) is 4.92. The fraction of sp³-hybridized carbons (Fsp3) is 0.133. The number of nitrogens with two attached hydrogens (primary N) is 1. The van der Waals surface area contributed by atoms with Crippen LogP contribution in [0.15, 0.2) is 48.8 Å². The number of nitrogens with zero attached hydrogens (tertiary/aromatic N) is 1. The SMILES string of the molecule is NCC(c1ccc(Cl)cc1)c1c[nH]c2ncccc12. The number of halogens is 1. The molecule has 3 aromatic rings. The molecule has 0 saturated heterocycles. The van der Waals surface area contributed by atoms with E-state index in [0.29, 0.717) is 6.54 Å². The second-order valence-electron chi connectivity index (χ2n) is 4.48. The topological polar surface area (TPSA) is 54.7 Å². The molecule has 19 heavy (non-hydrogen) atoms. The Morgan fingerprint density at radius 3 is 2.74 bits per heavy atom. The highest BCUT2D eigenvalue weighted by atomic mass is 35.5. The number of hydrogen-bond acceptors (Lipinski definition) is 2. The number of benzene rings is 1. The molecule has 3 N–H and O–H groups in total. The van der Waals surface area contributed by atoms with Crippen LogP contribution in [0.25, 0.3) is 11.0 Å². The molecule has 4 heteroatoms. The third-order valence-corrected chi connectivity index (χ3v) is 3.62. The van der Waals surface area contributed by atoms with Gasteiger partial charge in [-0.25, -0.2) is 4.98 Å². The molecule has 0 fully saturated rings. The Labute approximate surface area is 116 Å². The van der Waals surface area contributed by atoms with Gasteiger partial charge < -0.3 is 10.7 Å². The molecular formula is C15H14ClN3. The summed E-state index contributed by atoms with van der Waals surface area (Å²) in [5.41, 5.74) is 9.19. The summed E-state index contributed by atoms with van der Waals surface area (Å²) in [6.07, 6.45) is 3.77. The summed E-state index contributed by atoms with van der Waals surface area (Å²) >= 11 is 5.93. The molecule has 96 valence electrons. The van der Waals surface area contributed by atoms with Crippen LogP contribution >= 0.6 is 11.6 Å². The van der Waals surface area contributed by atoms with E-state index in [2.05, 4.69) is 16.0 Å². The molecule has 0 aliphatic rings. The van der Waals surface area contributed by atoms with E-state index in [-0.39, 0.29) is 5.92 Å². The van der Waals surface area contributed by atoms with Crippen molar-refractivity contribution in [1.82, 2.24) is 9.97 Å². The number of fused-ring (bicyclic) bond motifs is 1. The number of nitrogens with one attached hydrogen (secondary N) is 1.